The van der Waals surface area contributed by atoms with Crippen LogP contribution in [0.2, 0.25) is 10.0 Å². The molecule has 0 N–H and O–H groups in total. The molecule has 31 heavy (non-hydrogen) atoms. The molecule has 4 rings (SSSR count). The van der Waals surface area contributed by atoms with Gasteiger partial charge in [-0.1, -0.05) is 65.7 Å². The van der Waals surface area contributed by atoms with Crippen molar-refractivity contribution in [2.45, 2.75) is 0 Å². The molecule has 6 nitrogen and oxygen atoms in total. The molecule has 1 heterocycles. The van der Waals surface area contributed by atoms with Crippen molar-refractivity contribution < 1.29 is 19.2 Å². The Labute approximate surface area is 187 Å². The second-order valence-electron chi connectivity index (χ2n) is 6.74. The summed E-state index contributed by atoms with van der Waals surface area (Å²) in [5.74, 6) is -2.61. The van der Waals surface area contributed by atoms with Gasteiger partial charge in [0.05, 0.1) is 21.7 Å². The van der Waals surface area contributed by atoms with Gasteiger partial charge in [-0.3, -0.25) is 19.2 Å². The van der Waals surface area contributed by atoms with Crippen molar-refractivity contribution in [2.75, 3.05) is 6.54 Å². The molecule has 0 aromatic heterocycles. The zero-order valence-electron chi connectivity index (χ0n) is 15.9. The number of carbonyl (C=O) groups is 4. The Bertz CT molecular complexity index is 1190. The smallest absolute Gasteiger partial charge is 0.280 e. The maximum atomic E-state index is 13.4. The summed E-state index contributed by atoms with van der Waals surface area (Å²) in [7, 11) is 0. The van der Waals surface area contributed by atoms with Gasteiger partial charge in [0, 0.05) is 10.6 Å². The van der Waals surface area contributed by atoms with Crippen LogP contribution < -0.4 is 0 Å². The normalized spacial score (nSPS) is 12.6. The highest BCUT2D eigenvalue weighted by atomic mass is 35.5. The second-order valence-corrected chi connectivity index (χ2v) is 7.59. The molecule has 8 heteroatoms. The lowest BCUT2D eigenvalue weighted by atomic mass is 10.1. The number of rotatable bonds is 5. The highest BCUT2D eigenvalue weighted by molar-refractivity contribution is 6.37. The highest BCUT2D eigenvalue weighted by Crippen LogP contribution is 2.28. The number of halogens is 2. The molecular formula is C23H14Cl2N2O4. The molecule has 1 aliphatic rings. The van der Waals surface area contributed by atoms with Crippen molar-refractivity contribution in [2.24, 2.45) is 0 Å². The summed E-state index contributed by atoms with van der Waals surface area (Å²) in [6.07, 6.45) is 0. The predicted octanol–water partition coefficient (Wildman–Crippen LogP) is 4.53. The molecule has 1 aliphatic heterocycles. The fraction of sp³-hybridized carbons (Fsp3) is 0.0435. The van der Waals surface area contributed by atoms with E-state index >= 15 is 0 Å². The van der Waals surface area contributed by atoms with E-state index in [0.29, 0.717) is 15.6 Å². The topological polar surface area (TPSA) is 74.8 Å². The SMILES string of the molecule is O=C(CN(C(=O)c1ccc(Cl)cc1Cl)N1C(=O)c2ccccc2C1=O)c1ccccc1. The number of amides is 3. The lowest BCUT2D eigenvalue weighted by Gasteiger charge is -2.29. The summed E-state index contributed by atoms with van der Waals surface area (Å²) < 4.78 is 0. The number of hydrogen-bond donors (Lipinski definition) is 0. The first-order chi connectivity index (χ1) is 14.9. The summed E-state index contributed by atoms with van der Waals surface area (Å²) in [6, 6.07) is 18.7. The Morgan fingerprint density at radius 3 is 1.97 bits per heavy atom. The third-order valence-electron chi connectivity index (χ3n) is 4.80. The number of Topliss-reactive ketones (excluding diaryl/α,β-unsaturated/α-hetero) is 1. The van der Waals surface area contributed by atoms with Gasteiger partial charge in [-0.05, 0) is 30.3 Å². The van der Waals surface area contributed by atoms with Gasteiger partial charge in [-0.2, -0.15) is 5.01 Å². The Kier molecular flexibility index (Phi) is 5.59. The van der Waals surface area contributed by atoms with Gasteiger partial charge in [0.1, 0.15) is 6.54 Å². The quantitative estimate of drug-likeness (QED) is 0.420. The lowest BCUT2D eigenvalue weighted by Crippen LogP contribution is -2.51. The summed E-state index contributed by atoms with van der Waals surface area (Å²) in [5.41, 5.74) is 0.641. The number of imide groups is 1. The van der Waals surface area contributed by atoms with Gasteiger partial charge in [0.15, 0.2) is 5.78 Å². The molecule has 0 saturated heterocycles. The van der Waals surface area contributed by atoms with Crippen molar-refractivity contribution in [3.05, 3.63) is 105 Å². The van der Waals surface area contributed by atoms with Gasteiger partial charge < -0.3 is 0 Å². The van der Waals surface area contributed by atoms with Crippen LogP contribution in [0.5, 0.6) is 0 Å². The monoisotopic (exact) mass is 452 g/mol. The van der Waals surface area contributed by atoms with E-state index < -0.39 is 30.0 Å². The van der Waals surface area contributed by atoms with Crippen LogP contribution in [0.25, 0.3) is 0 Å². The van der Waals surface area contributed by atoms with E-state index in [1.54, 1.807) is 42.5 Å². The number of hydrazine groups is 1. The van der Waals surface area contributed by atoms with Gasteiger partial charge in [-0.15, -0.1) is 0 Å². The summed E-state index contributed by atoms with van der Waals surface area (Å²) in [6.45, 7) is -0.534. The standard InChI is InChI=1S/C23H14Cl2N2O4/c24-15-10-11-18(19(25)12-15)21(29)26(13-20(28)14-6-2-1-3-7-14)27-22(30)16-8-4-5-9-17(16)23(27)31/h1-12H,13H2. The first-order valence-electron chi connectivity index (χ1n) is 9.21. The Morgan fingerprint density at radius 2 is 1.39 bits per heavy atom. The average molecular weight is 453 g/mol. The van der Waals surface area contributed by atoms with Crippen molar-refractivity contribution in [3.63, 3.8) is 0 Å². The van der Waals surface area contributed by atoms with Crippen molar-refractivity contribution >= 4 is 46.7 Å². The molecule has 3 aromatic rings. The van der Waals surface area contributed by atoms with E-state index in [-0.39, 0.29) is 21.7 Å². The van der Waals surface area contributed by atoms with Crippen LogP contribution in [0.1, 0.15) is 41.4 Å². The molecule has 154 valence electrons. The molecule has 0 fully saturated rings. The van der Waals surface area contributed by atoms with E-state index in [4.69, 9.17) is 23.2 Å². The summed E-state index contributed by atoms with van der Waals surface area (Å²) >= 11 is 12.1. The van der Waals surface area contributed by atoms with Crippen molar-refractivity contribution in [1.29, 1.82) is 0 Å². The Morgan fingerprint density at radius 1 is 0.806 bits per heavy atom. The van der Waals surface area contributed by atoms with E-state index in [1.807, 2.05) is 0 Å². The van der Waals surface area contributed by atoms with Gasteiger partial charge in [0.25, 0.3) is 17.7 Å². The van der Waals surface area contributed by atoms with Gasteiger partial charge in [0.2, 0.25) is 0 Å². The van der Waals surface area contributed by atoms with Crippen LogP contribution in [-0.4, -0.2) is 40.1 Å². The first kappa shape index (κ1) is 20.8. The summed E-state index contributed by atoms with van der Waals surface area (Å²) in [5, 5.41) is 1.87. The fourth-order valence-electron chi connectivity index (χ4n) is 3.28. The minimum Gasteiger partial charge on any atom is -0.292 e. The summed E-state index contributed by atoms with van der Waals surface area (Å²) in [4.78, 5) is 52.2. The molecule has 0 bridgehead atoms. The molecular weight excluding hydrogens is 439 g/mol. The lowest BCUT2D eigenvalue weighted by molar-refractivity contribution is 0.00532. The molecule has 0 atom stereocenters. The van der Waals surface area contributed by atoms with Crippen LogP contribution in [0.4, 0.5) is 0 Å². The Balaban J connectivity index is 1.76. The van der Waals surface area contributed by atoms with Crippen LogP contribution in [-0.2, 0) is 0 Å². The van der Waals surface area contributed by atoms with Gasteiger partial charge in [-0.25, -0.2) is 5.01 Å². The molecule has 3 amide bonds. The highest BCUT2D eigenvalue weighted by Gasteiger charge is 2.42. The maximum absolute atomic E-state index is 13.4. The van der Waals surface area contributed by atoms with E-state index in [9.17, 15) is 19.2 Å². The molecule has 0 spiro atoms. The number of nitrogens with zero attached hydrogens (tertiary/aromatic N) is 2. The zero-order chi connectivity index (χ0) is 22.1. The van der Waals surface area contributed by atoms with E-state index in [0.717, 1.165) is 5.01 Å². The maximum Gasteiger partial charge on any atom is 0.280 e. The van der Waals surface area contributed by atoms with Crippen LogP contribution in [0.3, 0.4) is 0 Å². The molecule has 0 saturated carbocycles. The molecule has 0 unspecified atom stereocenters. The van der Waals surface area contributed by atoms with Crippen molar-refractivity contribution in [1.82, 2.24) is 10.0 Å². The van der Waals surface area contributed by atoms with Crippen LogP contribution >= 0.6 is 23.2 Å². The predicted molar refractivity (Wildman–Crippen MR) is 115 cm³/mol. The van der Waals surface area contributed by atoms with Crippen molar-refractivity contribution in [3.8, 4) is 0 Å². The molecule has 0 radical (unpaired) electrons. The largest absolute Gasteiger partial charge is 0.292 e. The third-order valence-corrected chi connectivity index (χ3v) is 5.35. The van der Waals surface area contributed by atoms with E-state index in [1.165, 1.54) is 30.3 Å². The fourth-order valence-corrected chi connectivity index (χ4v) is 3.77. The Hall–Kier alpha value is -3.48. The zero-order valence-corrected chi connectivity index (χ0v) is 17.4. The number of fused-ring (bicyclic) bond motifs is 1. The number of carbonyl (C=O) groups excluding carboxylic acids is 4. The number of benzene rings is 3. The van der Waals surface area contributed by atoms with Crippen LogP contribution in [0.15, 0.2) is 72.8 Å². The minimum absolute atomic E-state index is 0.00323. The van der Waals surface area contributed by atoms with Crippen LogP contribution in [0, 0.1) is 0 Å². The van der Waals surface area contributed by atoms with E-state index in [2.05, 4.69) is 0 Å². The first-order valence-corrected chi connectivity index (χ1v) is 9.97. The molecule has 3 aromatic carbocycles. The second kappa shape index (κ2) is 8.34. The number of hydrogen-bond acceptors (Lipinski definition) is 4. The third kappa shape index (κ3) is 3.83. The van der Waals surface area contributed by atoms with Gasteiger partial charge >= 0.3 is 0 Å². The molecule has 0 aliphatic carbocycles. The average Bonchev–Trinajstić information content (AvgIpc) is 3.02. The minimum atomic E-state index is -0.777. The number of ketones is 1.